The molecule has 1 aromatic rings. The maximum atomic E-state index is 10.7. The van der Waals surface area contributed by atoms with Crippen LogP contribution in [0, 0.1) is 20.2 Å². The molecule has 0 amide bonds. The molecule has 12 heteroatoms. The van der Waals surface area contributed by atoms with Gasteiger partial charge in [0.2, 0.25) is 0 Å². The van der Waals surface area contributed by atoms with E-state index < -0.39 is 37.1 Å². The van der Waals surface area contributed by atoms with Crippen molar-refractivity contribution < 1.29 is 22.8 Å². The summed E-state index contributed by atoms with van der Waals surface area (Å²) in [5.41, 5.74) is -1.07. The molecule has 10 nitrogen and oxygen atoms in total. The fourth-order valence-corrected chi connectivity index (χ4v) is 1.61. The van der Waals surface area contributed by atoms with Gasteiger partial charge in [-0.25, -0.2) is 0 Å². The van der Waals surface area contributed by atoms with Gasteiger partial charge >= 0.3 is 0 Å². The van der Waals surface area contributed by atoms with Crippen molar-refractivity contribution in [3.8, 4) is 0 Å². The zero-order chi connectivity index (χ0) is 14.6. The molecule has 0 aliphatic carbocycles. The third kappa shape index (κ3) is 5.79. The Bertz CT molecular complexity index is 618. The number of non-ortho nitro benzene ring substituents is 1. The van der Waals surface area contributed by atoms with E-state index in [1.54, 1.807) is 0 Å². The summed E-state index contributed by atoms with van der Waals surface area (Å²) in [5, 5.41) is 23.6. The van der Waals surface area contributed by atoms with Crippen molar-refractivity contribution in [1.29, 1.82) is 0 Å². The van der Waals surface area contributed by atoms with Gasteiger partial charge in [-0.15, -0.1) is 0 Å². The molecule has 0 spiro atoms. The molecule has 0 bridgehead atoms. The second kappa shape index (κ2) is 7.50. The van der Waals surface area contributed by atoms with Gasteiger partial charge in [0.05, 0.1) is 21.7 Å². The van der Waals surface area contributed by atoms with Gasteiger partial charge in [0, 0.05) is 42.2 Å². The van der Waals surface area contributed by atoms with Crippen LogP contribution in [0.2, 0.25) is 0 Å². The van der Waals surface area contributed by atoms with E-state index in [0.717, 1.165) is 18.2 Å². The van der Waals surface area contributed by atoms with Crippen molar-refractivity contribution in [3.63, 3.8) is 0 Å². The first-order valence-electron chi connectivity index (χ1n) is 4.82. The Morgan fingerprint density at radius 1 is 1.20 bits per heavy atom. The summed E-state index contributed by atoms with van der Waals surface area (Å²) in [6.45, 7) is -0.266. The molecule has 1 rings (SSSR count). The van der Waals surface area contributed by atoms with E-state index >= 15 is 0 Å². The van der Waals surface area contributed by atoms with E-state index in [4.69, 9.17) is 4.55 Å². The van der Waals surface area contributed by atoms with Gasteiger partial charge < -0.3 is 5.32 Å². The topological polar surface area (TPSA) is 153 Å². The second-order valence-corrected chi connectivity index (χ2v) is 5.00. The number of nitrogens with zero attached hydrogens (tertiary/aromatic N) is 2. The van der Waals surface area contributed by atoms with E-state index in [2.05, 4.69) is 5.32 Å². The first-order valence-corrected chi connectivity index (χ1v) is 6.43. The second-order valence-electron chi connectivity index (χ2n) is 3.43. The van der Waals surface area contributed by atoms with Crippen LogP contribution < -0.4 is 5.32 Å². The zero-order valence-corrected chi connectivity index (χ0v) is 13.2. The van der Waals surface area contributed by atoms with Crippen LogP contribution in [0.25, 0.3) is 0 Å². The normalized spacial score (nSPS) is 10.4. The van der Waals surface area contributed by atoms with Crippen molar-refractivity contribution >= 4 is 56.7 Å². The minimum absolute atomic E-state index is 0. The van der Waals surface area contributed by atoms with E-state index in [9.17, 15) is 28.6 Å². The predicted molar refractivity (Wildman–Crippen MR) is 70.4 cm³/mol. The molecule has 0 heterocycles. The molecule has 1 aromatic carbocycles. The third-order valence-electron chi connectivity index (χ3n) is 2.06. The Labute approximate surface area is 135 Å². The number of nitrogens with one attached hydrogen (secondary N) is 1. The molecule has 20 heavy (non-hydrogen) atoms. The summed E-state index contributed by atoms with van der Waals surface area (Å²) in [5.74, 6) is -0.638. The summed E-state index contributed by atoms with van der Waals surface area (Å²) in [6, 6.07) is 2.90. The fourth-order valence-electron chi connectivity index (χ4n) is 1.25. The Morgan fingerprint density at radius 3 is 2.25 bits per heavy atom. The predicted octanol–water partition coefficient (Wildman–Crippen LogP) is 0.422. The molecular weight excluding hydrogens is 305 g/mol. The van der Waals surface area contributed by atoms with Gasteiger partial charge in [0.1, 0.15) is 5.69 Å². The van der Waals surface area contributed by atoms with E-state index in [-0.39, 0.29) is 41.8 Å². The largest absolute Gasteiger partial charge is 0.378 e. The third-order valence-corrected chi connectivity index (χ3v) is 2.78. The molecule has 105 valence electrons. The van der Waals surface area contributed by atoms with E-state index in [1.165, 1.54) is 0 Å². The molecule has 0 unspecified atom stereocenters. The Hall–Kier alpha value is -1.27. The van der Waals surface area contributed by atoms with Gasteiger partial charge in [0.15, 0.2) is 0 Å². The van der Waals surface area contributed by atoms with E-state index in [1.807, 2.05) is 0 Å². The summed E-state index contributed by atoms with van der Waals surface area (Å²) in [6.07, 6.45) is 0. The van der Waals surface area contributed by atoms with E-state index in [0.29, 0.717) is 0 Å². The van der Waals surface area contributed by atoms with Crippen molar-refractivity contribution in [1.82, 2.24) is 0 Å². The Kier molecular flexibility index (Phi) is 7.02. The maximum absolute atomic E-state index is 10.7. The van der Waals surface area contributed by atoms with Gasteiger partial charge in [-0.3, -0.25) is 24.8 Å². The summed E-state index contributed by atoms with van der Waals surface area (Å²) < 4.78 is 29.5. The van der Waals surface area contributed by atoms with Crippen molar-refractivity contribution in [2.75, 3.05) is 17.6 Å². The van der Waals surface area contributed by atoms with Crippen LogP contribution in [-0.2, 0) is 10.1 Å². The van der Waals surface area contributed by atoms with Crippen LogP contribution in [0.1, 0.15) is 0 Å². The van der Waals surface area contributed by atoms with Crippen molar-refractivity contribution in [2.45, 2.75) is 0 Å². The zero-order valence-electron chi connectivity index (χ0n) is 10.3. The summed E-state index contributed by atoms with van der Waals surface area (Å²) in [7, 11) is -4.19. The molecule has 0 atom stereocenters. The van der Waals surface area contributed by atoms with Crippen LogP contribution in [0.5, 0.6) is 0 Å². The van der Waals surface area contributed by atoms with Crippen LogP contribution in [0.4, 0.5) is 17.1 Å². The summed E-state index contributed by atoms with van der Waals surface area (Å²) in [4.78, 5) is 19.6. The molecule has 0 aliphatic rings. The minimum Gasteiger partial charge on any atom is -0.378 e. The SMILES string of the molecule is O=[N+]([O-])c1ccc(NCCS(=O)(=O)O)c([N+](=O)[O-])c1.[Na]. The van der Waals surface area contributed by atoms with Gasteiger partial charge in [-0.1, -0.05) is 0 Å². The molecule has 1 radical (unpaired) electrons. The van der Waals surface area contributed by atoms with Crippen LogP contribution in [-0.4, -0.2) is 64.7 Å². The standard InChI is InChI=1S/C8H9N3O7S.Na/c12-10(13)6-1-2-7(8(5-6)11(14)15)9-3-4-19(16,17)18;/h1-2,5,9H,3-4H2,(H,16,17,18);. The van der Waals surface area contributed by atoms with Gasteiger partial charge in [0.25, 0.3) is 21.5 Å². The number of nitro benzene ring substituents is 2. The molecule has 0 saturated heterocycles. The average molecular weight is 314 g/mol. The number of benzene rings is 1. The number of hydrogen-bond acceptors (Lipinski definition) is 7. The quantitative estimate of drug-likeness (QED) is 0.331. The molecule has 0 aliphatic heterocycles. The van der Waals surface area contributed by atoms with Gasteiger partial charge in [-0.2, -0.15) is 8.42 Å². The maximum Gasteiger partial charge on any atom is 0.299 e. The smallest absolute Gasteiger partial charge is 0.299 e. The van der Waals surface area contributed by atoms with Crippen molar-refractivity contribution in [3.05, 3.63) is 38.4 Å². The Morgan fingerprint density at radius 2 is 1.80 bits per heavy atom. The fraction of sp³-hybridized carbons (Fsp3) is 0.250. The van der Waals surface area contributed by atoms with Crippen LogP contribution >= 0.6 is 0 Å². The van der Waals surface area contributed by atoms with Gasteiger partial charge in [-0.05, 0) is 6.07 Å². The number of hydrogen-bond donors (Lipinski definition) is 2. The molecule has 0 saturated carbocycles. The first-order chi connectivity index (χ1) is 8.70. The van der Waals surface area contributed by atoms with Crippen molar-refractivity contribution in [2.24, 2.45) is 0 Å². The number of anilines is 1. The van der Waals surface area contributed by atoms with Crippen LogP contribution in [0.3, 0.4) is 0 Å². The number of nitro groups is 2. The average Bonchev–Trinajstić information content (AvgIpc) is 2.27. The molecular formula is C8H9N3NaO7S. The molecule has 0 aromatic heterocycles. The number of rotatable bonds is 6. The Balaban J connectivity index is 0.00000361. The molecule has 2 N–H and O–H groups in total. The first kappa shape index (κ1) is 18.7. The van der Waals surface area contributed by atoms with Crippen LogP contribution in [0.15, 0.2) is 18.2 Å². The minimum atomic E-state index is -4.19. The molecule has 0 fully saturated rings. The monoisotopic (exact) mass is 314 g/mol. The summed E-state index contributed by atoms with van der Waals surface area (Å²) >= 11 is 0.